The van der Waals surface area contributed by atoms with Gasteiger partial charge in [-0.2, -0.15) is 18.2 Å². The number of hydrogen-bond acceptors (Lipinski definition) is 8. The van der Waals surface area contributed by atoms with Crippen LogP contribution in [0, 0.1) is 0 Å². The largest absolute Gasteiger partial charge is 0.471 e. The van der Waals surface area contributed by atoms with Crippen LogP contribution in [0.25, 0.3) is 11.4 Å². The molecule has 0 radical (unpaired) electrons. The van der Waals surface area contributed by atoms with E-state index in [1.54, 1.807) is 29.2 Å². The summed E-state index contributed by atoms with van der Waals surface area (Å²) in [5, 5.41) is 3.37. The lowest BCUT2D eigenvalue weighted by molar-refractivity contribution is -0.159. The Bertz CT molecular complexity index is 983. The Labute approximate surface area is 193 Å². The molecule has 9 nitrogen and oxygen atoms in total. The summed E-state index contributed by atoms with van der Waals surface area (Å²) in [5.41, 5.74) is 1.06. The maximum absolute atomic E-state index is 13.0. The minimum Gasteiger partial charge on any atom is -0.462 e. The van der Waals surface area contributed by atoms with Crippen molar-refractivity contribution < 1.29 is 41.5 Å². The van der Waals surface area contributed by atoms with Gasteiger partial charge in [0.2, 0.25) is 5.82 Å². The van der Waals surface area contributed by atoms with Crippen molar-refractivity contribution in [1.29, 1.82) is 0 Å². The Morgan fingerprint density at radius 3 is 2.32 bits per heavy atom. The maximum Gasteiger partial charge on any atom is 0.471 e. The number of aromatic nitrogens is 2. The fourth-order valence-corrected chi connectivity index (χ4v) is 3.79. The molecule has 2 saturated heterocycles. The zero-order valence-corrected chi connectivity index (χ0v) is 18.3. The van der Waals surface area contributed by atoms with Gasteiger partial charge in [-0.3, -0.25) is 4.79 Å². The number of ether oxygens (including phenoxy) is 3. The standard InChI is InChI=1S/C22H24F3N3O6/c23-22(24,25)21-26-18(27-34-21)15-7-5-14(6-8-15)13-28(19(29)16-3-1-10-31-16)9-12-33-20(30)17-4-2-11-32-17/h5-8,16-17H,1-4,9-13H2. The van der Waals surface area contributed by atoms with Crippen molar-refractivity contribution in [3.8, 4) is 11.4 Å². The fraction of sp³-hybridized carbons (Fsp3) is 0.545. The molecule has 184 valence electrons. The summed E-state index contributed by atoms with van der Waals surface area (Å²) in [6.45, 7) is 1.42. The lowest BCUT2D eigenvalue weighted by Crippen LogP contribution is -2.41. The maximum atomic E-state index is 13.0. The summed E-state index contributed by atoms with van der Waals surface area (Å²) in [6, 6.07) is 6.42. The first-order chi connectivity index (χ1) is 16.3. The lowest BCUT2D eigenvalue weighted by Gasteiger charge is -2.25. The number of rotatable bonds is 8. The molecule has 0 aliphatic carbocycles. The molecule has 2 aromatic rings. The van der Waals surface area contributed by atoms with Crippen molar-refractivity contribution in [2.75, 3.05) is 26.4 Å². The molecule has 2 atom stereocenters. The second-order valence-electron chi connectivity index (χ2n) is 8.05. The molecular formula is C22H24F3N3O6. The third-order valence-corrected chi connectivity index (χ3v) is 5.57. The van der Waals surface area contributed by atoms with Gasteiger partial charge in [0.05, 0.1) is 6.54 Å². The Kier molecular flexibility index (Phi) is 7.47. The summed E-state index contributed by atoms with van der Waals surface area (Å²) in [6.07, 6.45) is -3.00. The van der Waals surface area contributed by atoms with Crippen molar-refractivity contribution in [3.05, 3.63) is 35.7 Å². The van der Waals surface area contributed by atoms with Gasteiger partial charge in [-0.1, -0.05) is 29.4 Å². The van der Waals surface area contributed by atoms with Crippen molar-refractivity contribution in [3.63, 3.8) is 0 Å². The number of carbonyl (C=O) groups is 2. The molecule has 2 fully saturated rings. The van der Waals surface area contributed by atoms with Gasteiger partial charge in [0.25, 0.3) is 5.91 Å². The summed E-state index contributed by atoms with van der Waals surface area (Å²) < 4.78 is 58.4. The van der Waals surface area contributed by atoms with E-state index >= 15 is 0 Å². The van der Waals surface area contributed by atoms with Gasteiger partial charge in [0.1, 0.15) is 12.7 Å². The molecule has 2 unspecified atom stereocenters. The number of hydrogen-bond donors (Lipinski definition) is 0. The summed E-state index contributed by atoms with van der Waals surface area (Å²) in [5.74, 6) is -2.25. The van der Waals surface area contributed by atoms with E-state index in [0.717, 1.165) is 18.4 Å². The number of alkyl halides is 3. The van der Waals surface area contributed by atoms with Crippen molar-refractivity contribution in [2.45, 2.75) is 50.6 Å². The van der Waals surface area contributed by atoms with Crippen LogP contribution in [0.4, 0.5) is 13.2 Å². The predicted molar refractivity (Wildman–Crippen MR) is 109 cm³/mol. The Balaban J connectivity index is 1.40. The highest BCUT2D eigenvalue weighted by Gasteiger charge is 2.38. The second-order valence-corrected chi connectivity index (χ2v) is 8.05. The molecule has 0 bridgehead atoms. The Hall–Kier alpha value is -2.99. The van der Waals surface area contributed by atoms with Crippen LogP contribution in [0.5, 0.6) is 0 Å². The zero-order chi connectivity index (χ0) is 24.1. The van der Waals surface area contributed by atoms with Crippen LogP contribution in [0.3, 0.4) is 0 Å². The monoisotopic (exact) mass is 483 g/mol. The molecule has 4 rings (SSSR count). The van der Waals surface area contributed by atoms with Gasteiger partial charge < -0.3 is 23.6 Å². The smallest absolute Gasteiger partial charge is 0.462 e. The van der Waals surface area contributed by atoms with Gasteiger partial charge in [-0.25, -0.2) is 4.79 Å². The number of amides is 1. The molecule has 2 aliphatic rings. The number of halogens is 3. The first-order valence-corrected chi connectivity index (χ1v) is 11.0. The zero-order valence-electron chi connectivity index (χ0n) is 18.3. The van der Waals surface area contributed by atoms with E-state index in [1.807, 2.05) is 0 Å². The molecule has 1 amide bonds. The van der Waals surface area contributed by atoms with E-state index in [4.69, 9.17) is 14.2 Å². The second kappa shape index (κ2) is 10.5. The van der Waals surface area contributed by atoms with Crippen LogP contribution in [0.15, 0.2) is 28.8 Å². The molecule has 0 saturated carbocycles. The third-order valence-electron chi connectivity index (χ3n) is 5.57. The van der Waals surface area contributed by atoms with Crippen LogP contribution < -0.4 is 0 Å². The summed E-state index contributed by atoms with van der Waals surface area (Å²) in [7, 11) is 0. The predicted octanol–water partition coefficient (Wildman–Crippen LogP) is 2.99. The Morgan fingerprint density at radius 2 is 1.74 bits per heavy atom. The number of carbonyl (C=O) groups excluding carboxylic acids is 2. The van der Waals surface area contributed by atoms with Crippen LogP contribution in [0.2, 0.25) is 0 Å². The van der Waals surface area contributed by atoms with Crippen LogP contribution in [-0.2, 0) is 36.5 Å². The third kappa shape index (κ3) is 5.92. The highest BCUT2D eigenvalue weighted by Crippen LogP contribution is 2.29. The van der Waals surface area contributed by atoms with Gasteiger partial charge in [0, 0.05) is 25.3 Å². The quantitative estimate of drug-likeness (QED) is 0.528. The molecule has 2 aliphatic heterocycles. The van der Waals surface area contributed by atoms with Crippen molar-refractivity contribution in [1.82, 2.24) is 15.0 Å². The van der Waals surface area contributed by atoms with Crippen molar-refractivity contribution in [2.24, 2.45) is 0 Å². The van der Waals surface area contributed by atoms with Gasteiger partial charge in [-0.15, -0.1) is 0 Å². The number of esters is 1. The molecule has 12 heteroatoms. The van der Waals surface area contributed by atoms with Crippen LogP contribution >= 0.6 is 0 Å². The summed E-state index contributed by atoms with van der Waals surface area (Å²) in [4.78, 5) is 30.0. The fourth-order valence-electron chi connectivity index (χ4n) is 3.79. The number of benzene rings is 1. The average molecular weight is 483 g/mol. The van der Waals surface area contributed by atoms with Crippen LogP contribution in [-0.4, -0.2) is 65.5 Å². The normalized spacial score (nSPS) is 20.4. The molecule has 34 heavy (non-hydrogen) atoms. The molecule has 3 heterocycles. The highest BCUT2D eigenvalue weighted by atomic mass is 19.4. The minimum absolute atomic E-state index is 0.0122. The summed E-state index contributed by atoms with van der Waals surface area (Å²) >= 11 is 0. The molecule has 0 N–H and O–H groups in total. The molecule has 1 aromatic heterocycles. The van der Waals surface area contributed by atoms with E-state index in [2.05, 4.69) is 14.7 Å². The van der Waals surface area contributed by atoms with E-state index < -0.39 is 30.2 Å². The molecule has 0 spiro atoms. The van der Waals surface area contributed by atoms with E-state index in [1.165, 1.54) is 0 Å². The van der Waals surface area contributed by atoms with E-state index in [-0.39, 0.29) is 31.4 Å². The van der Waals surface area contributed by atoms with Gasteiger partial charge in [0.15, 0.2) is 6.10 Å². The van der Waals surface area contributed by atoms with Gasteiger partial charge >= 0.3 is 18.0 Å². The first-order valence-electron chi connectivity index (χ1n) is 11.0. The first kappa shape index (κ1) is 24.1. The van der Waals surface area contributed by atoms with E-state index in [0.29, 0.717) is 31.6 Å². The van der Waals surface area contributed by atoms with Crippen LogP contribution in [0.1, 0.15) is 37.1 Å². The Morgan fingerprint density at radius 1 is 1.06 bits per heavy atom. The van der Waals surface area contributed by atoms with E-state index in [9.17, 15) is 22.8 Å². The lowest BCUT2D eigenvalue weighted by atomic mass is 10.1. The SMILES string of the molecule is O=C(OCCN(Cc1ccc(-c2noc(C(F)(F)F)n2)cc1)C(=O)C1CCCO1)C1CCCO1. The van der Waals surface area contributed by atoms with Crippen molar-refractivity contribution >= 4 is 11.9 Å². The average Bonchev–Trinajstić information content (AvgIpc) is 3.60. The van der Waals surface area contributed by atoms with Gasteiger partial charge in [-0.05, 0) is 31.2 Å². The molecule has 1 aromatic carbocycles. The highest BCUT2D eigenvalue weighted by molar-refractivity contribution is 5.81. The topological polar surface area (TPSA) is 104 Å². The minimum atomic E-state index is -4.72. The number of nitrogens with zero attached hydrogens (tertiary/aromatic N) is 3. The molecular weight excluding hydrogens is 459 g/mol.